The van der Waals surface area contributed by atoms with Crippen LogP contribution in [-0.4, -0.2) is 123 Å². The highest BCUT2D eigenvalue weighted by Gasteiger charge is 2.37. The van der Waals surface area contributed by atoms with Gasteiger partial charge in [0.25, 0.3) is 11.8 Å². The van der Waals surface area contributed by atoms with E-state index in [9.17, 15) is 20.0 Å². The van der Waals surface area contributed by atoms with Crippen molar-refractivity contribution in [3.8, 4) is 40.0 Å². The molecule has 1 atom stereocenters. The number of amides is 3. The second-order valence-corrected chi connectivity index (χ2v) is 20.2. The van der Waals surface area contributed by atoms with Gasteiger partial charge in [-0.15, -0.1) is 0 Å². The van der Waals surface area contributed by atoms with Gasteiger partial charge in [0.15, 0.2) is 0 Å². The molecule has 6 heterocycles. The Morgan fingerprint density at radius 3 is 2.25 bits per heavy atom. The molecular weight excluding hydrogens is 917 g/mol. The molecule has 14 heteroatoms. The number of phenolic OH excluding ortho intramolecular Hbond substituents is 1. The molecular formula is C59H66N8O6. The van der Waals surface area contributed by atoms with Crippen molar-refractivity contribution in [2.45, 2.75) is 71.5 Å². The second kappa shape index (κ2) is 21.5. The normalized spacial score (nSPS) is 17.2. The molecule has 4 aliphatic rings. The quantitative estimate of drug-likeness (QED) is 0.110. The number of rotatable bonds is 13. The molecule has 0 saturated carbocycles. The summed E-state index contributed by atoms with van der Waals surface area (Å²) in [7, 11) is 3.78. The highest BCUT2D eigenvalue weighted by molar-refractivity contribution is 6.14. The molecule has 0 unspecified atom stereocenters. The van der Waals surface area contributed by atoms with Gasteiger partial charge in [-0.05, 0) is 135 Å². The molecule has 3 amide bonds. The minimum Gasteiger partial charge on any atom is -0.508 e. The number of ether oxygens (including phenoxy) is 2. The fourth-order valence-corrected chi connectivity index (χ4v) is 11.3. The van der Waals surface area contributed by atoms with Crippen LogP contribution in [0.4, 0.5) is 5.69 Å². The first-order valence-electron chi connectivity index (χ1n) is 25.9. The molecule has 0 spiro atoms. The van der Waals surface area contributed by atoms with E-state index in [1.807, 2.05) is 84.4 Å². The van der Waals surface area contributed by atoms with E-state index in [0.717, 1.165) is 105 Å². The molecule has 0 aliphatic carbocycles. The van der Waals surface area contributed by atoms with E-state index in [0.29, 0.717) is 83.2 Å². The number of fused-ring (bicyclic) bond motifs is 2. The average molecular weight is 983 g/mol. The van der Waals surface area contributed by atoms with E-state index in [4.69, 9.17) is 9.47 Å². The first-order chi connectivity index (χ1) is 35.4. The monoisotopic (exact) mass is 983 g/mol. The van der Waals surface area contributed by atoms with Crippen LogP contribution < -0.4 is 10.1 Å². The van der Waals surface area contributed by atoms with Gasteiger partial charge in [0.2, 0.25) is 5.91 Å². The molecule has 2 N–H and O–H groups in total. The van der Waals surface area contributed by atoms with Crippen molar-refractivity contribution in [3.63, 3.8) is 0 Å². The summed E-state index contributed by atoms with van der Waals surface area (Å²) in [5.41, 5.74) is 11.3. The number of aromatic hydroxyl groups is 1. The summed E-state index contributed by atoms with van der Waals surface area (Å²) in [5, 5.41) is 23.4. The number of phenols is 1. The SMILES string of the molecule is Cc1c(-c2c(C(=O)Nc3ccc(O)cc3)c(C)n(C)c2-c2cc3c(cc2C(=O)N2Cc4ccccc4C[C@H]2CN2CCCCC2)CN(C(=O)Cc2ccc(OCCN4CCOCC4)cc2)CC3)cc(C#N)n1C. The number of hydrogen-bond acceptors (Lipinski definition) is 9. The van der Waals surface area contributed by atoms with Crippen LogP contribution in [-0.2, 0) is 56.0 Å². The maximum Gasteiger partial charge on any atom is 0.258 e. The summed E-state index contributed by atoms with van der Waals surface area (Å²) in [6.45, 7) is 12.7. The number of likely N-dealkylation sites (tertiary alicyclic amines) is 1. The van der Waals surface area contributed by atoms with E-state index >= 15 is 4.79 Å². The summed E-state index contributed by atoms with van der Waals surface area (Å²) in [5.74, 6) is 0.402. The molecule has 14 nitrogen and oxygen atoms in total. The lowest BCUT2D eigenvalue weighted by atomic mass is 9.87. The van der Waals surface area contributed by atoms with Crippen molar-refractivity contribution in [2.24, 2.45) is 14.1 Å². The lowest BCUT2D eigenvalue weighted by molar-refractivity contribution is -0.131. The molecule has 2 fully saturated rings. The smallest absolute Gasteiger partial charge is 0.258 e. The van der Waals surface area contributed by atoms with Crippen molar-refractivity contribution in [1.29, 1.82) is 5.26 Å². The number of piperidine rings is 1. The third-order valence-electron chi connectivity index (χ3n) is 15.7. The van der Waals surface area contributed by atoms with E-state index in [-0.39, 0.29) is 35.9 Å². The van der Waals surface area contributed by atoms with Crippen LogP contribution >= 0.6 is 0 Å². The highest BCUT2D eigenvalue weighted by Crippen LogP contribution is 2.44. The third-order valence-corrected chi connectivity index (χ3v) is 15.7. The molecule has 4 aromatic carbocycles. The van der Waals surface area contributed by atoms with Gasteiger partial charge in [0.05, 0.1) is 30.9 Å². The van der Waals surface area contributed by atoms with Crippen molar-refractivity contribution >= 4 is 23.4 Å². The minimum atomic E-state index is -0.359. The van der Waals surface area contributed by atoms with Gasteiger partial charge >= 0.3 is 0 Å². The van der Waals surface area contributed by atoms with Crippen molar-refractivity contribution in [3.05, 3.63) is 147 Å². The van der Waals surface area contributed by atoms with E-state index in [1.54, 1.807) is 12.1 Å². The van der Waals surface area contributed by atoms with Gasteiger partial charge in [0, 0.05) is 105 Å². The van der Waals surface area contributed by atoms with Crippen molar-refractivity contribution < 1.29 is 29.0 Å². The maximum atomic E-state index is 16.0. The summed E-state index contributed by atoms with van der Waals surface area (Å²) >= 11 is 0. The van der Waals surface area contributed by atoms with Crippen LogP contribution in [0.25, 0.3) is 22.4 Å². The number of carbonyl (C=O) groups is 3. The zero-order chi connectivity index (χ0) is 50.8. The Bertz CT molecular complexity index is 3060. The third kappa shape index (κ3) is 10.4. The fourth-order valence-electron chi connectivity index (χ4n) is 11.3. The Labute approximate surface area is 428 Å². The summed E-state index contributed by atoms with van der Waals surface area (Å²) in [6.07, 6.45) is 5.04. The van der Waals surface area contributed by atoms with Crippen LogP contribution in [0.5, 0.6) is 11.5 Å². The molecule has 6 aromatic rings. The molecule has 10 rings (SSSR count). The van der Waals surface area contributed by atoms with Gasteiger partial charge in [-0.1, -0.05) is 42.8 Å². The standard InChI is InChI=1S/C59H66N8O6/c1-39-51(34-47(35-60)62(39)3)56-55(58(70)61-46-14-16-49(68)17-15-46)40(2)63(4)57(56)52-32-43-20-23-66(54(69)30-41-12-18-50(19-13-41)73-29-26-64-24-27-72-28-25-64)36-45(43)33-53(52)59(71)67-37-44-11-7-6-10-42(44)31-48(67)38-65-21-8-5-9-22-65/h6-7,10-19,32-34,48,68H,5,8-9,20-31,36-38H2,1-4H3,(H,61,70)/t48-/m0/s1. The van der Waals surface area contributed by atoms with Crippen LogP contribution in [0.2, 0.25) is 0 Å². The van der Waals surface area contributed by atoms with Gasteiger partial charge in [-0.2, -0.15) is 5.26 Å². The molecule has 0 radical (unpaired) electrons. The number of benzene rings is 4. The van der Waals surface area contributed by atoms with E-state index in [2.05, 4.69) is 50.4 Å². The average Bonchev–Trinajstić information content (AvgIpc) is 3.85. The van der Waals surface area contributed by atoms with Gasteiger partial charge in [0.1, 0.15) is 29.9 Å². The second-order valence-electron chi connectivity index (χ2n) is 20.2. The Balaban J connectivity index is 1.04. The Morgan fingerprint density at radius 1 is 0.781 bits per heavy atom. The van der Waals surface area contributed by atoms with Crippen LogP contribution in [0.1, 0.15) is 84.9 Å². The largest absolute Gasteiger partial charge is 0.508 e. The number of aromatic nitrogens is 2. The van der Waals surface area contributed by atoms with Gasteiger partial charge < -0.3 is 43.7 Å². The zero-order valence-electron chi connectivity index (χ0n) is 42.6. The maximum absolute atomic E-state index is 16.0. The van der Waals surface area contributed by atoms with Crippen LogP contribution in [0.15, 0.2) is 91.0 Å². The summed E-state index contributed by atoms with van der Waals surface area (Å²) in [6, 6.07) is 30.8. The number of nitriles is 1. The highest BCUT2D eigenvalue weighted by atomic mass is 16.5. The van der Waals surface area contributed by atoms with E-state index in [1.165, 1.54) is 24.1 Å². The van der Waals surface area contributed by atoms with Crippen molar-refractivity contribution in [2.75, 3.05) is 71.0 Å². The van der Waals surface area contributed by atoms with Crippen molar-refractivity contribution in [1.82, 2.24) is 28.7 Å². The zero-order valence-corrected chi connectivity index (χ0v) is 42.6. The summed E-state index contributed by atoms with van der Waals surface area (Å²) in [4.78, 5) is 53.9. The molecule has 73 heavy (non-hydrogen) atoms. The number of hydrogen-bond donors (Lipinski definition) is 2. The first-order valence-corrected chi connectivity index (χ1v) is 25.9. The number of nitrogens with zero attached hydrogens (tertiary/aromatic N) is 7. The number of morpholine rings is 1. The van der Waals surface area contributed by atoms with Gasteiger partial charge in [-0.25, -0.2) is 0 Å². The number of carbonyl (C=O) groups excluding carboxylic acids is 3. The number of anilines is 1. The summed E-state index contributed by atoms with van der Waals surface area (Å²) < 4.78 is 15.4. The van der Waals surface area contributed by atoms with Crippen LogP contribution in [0, 0.1) is 25.2 Å². The van der Waals surface area contributed by atoms with Gasteiger partial charge in [-0.3, -0.25) is 19.3 Å². The Morgan fingerprint density at radius 2 is 1.52 bits per heavy atom. The number of nitrogens with one attached hydrogen (secondary N) is 1. The Kier molecular flexibility index (Phi) is 14.5. The topological polar surface area (TPSA) is 149 Å². The minimum absolute atomic E-state index is 0.00954. The molecule has 0 bridgehead atoms. The Hall–Kier alpha value is -7.18. The predicted molar refractivity (Wildman–Crippen MR) is 282 cm³/mol. The van der Waals surface area contributed by atoms with E-state index < -0.39 is 0 Å². The molecule has 2 aromatic heterocycles. The lowest BCUT2D eigenvalue weighted by Gasteiger charge is -2.41. The molecule has 4 aliphatic heterocycles. The molecule has 378 valence electrons. The molecule has 2 saturated heterocycles. The first kappa shape index (κ1) is 49.4. The predicted octanol–water partition coefficient (Wildman–Crippen LogP) is 8.04. The van der Waals surface area contributed by atoms with Crippen LogP contribution in [0.3, 0.4) is 0 Å². The fraction of sp³-hybridized carbons (Fsp3) is 0.390. The lowest BCUT2D eigenvalue weighted by Crippen LogP contribution is -2.51.